The van der Waals surface area contributed by atoms with Crippen LogP contribution in [0.4, 0.5) is 0 Å². The first-order chi connectivity index (χ1) is 18.9. The van der Waals surface area contributed by atoms with Gasteiger partial charge in [-0.3, -0.25) is 4.98 Å². The number of pyridine rings is 1. The Morgan fingerprint density at radius 2 is 1.29 bits per heavy atom. The first-order valence-electron chi connectivity index (χ1n) is 12.6. The van der Waals surface area contributed by atoms with Crippen molar-refractivity contribution >= 4 is 43.5 Å². The summed E-state index contributed by atoms with van der Waals surface area (Å²) in [6.45, 7) is 0. The molecule has 0 aliphatic carbocycles. The van der Waals surface area contributed by atoms with Gasteiger partial charge in [0, 0.05) is 46.0 Å². The van der Waals surface area contributed by atoms with Crippen LogP contribution in [0.2, 0.25) is 0 Å². The fourth-order valence-corrected chi connectivity index (χ4v) is 5.67. The SMILES string of the molecule is c1ccc(-n2ccc3c4ccc5c(c4ccc32)c2ccccc2n5-c2cnc(-c3cccnc3)nc2)cc1. The second kappa shape index (κ2) is 8.11. The van der Waals surface area contributed by atoms with E-state index in [9.17, 15) is 0 Å². The van der Waals surface area contributed by atoms with Crippen LogP contribution in [0.5, 0.6) is 0 Å². The number of aromatic nitrogens is 5. The normalized spacial score (nSPS) is 11.7. The highest BCUT2D eigenvalue weighted by Gasteiger charge is 2.17. The Morgan fingerprint density at radius 1 is 0.500 bits per heavy atom. The van der Waals surface area contributed by atoms with Crippen LogP contribution in [0, 0.1) is 0 Å². The third-order valence-corrected chi connectivity index (χ3v) is 7.35. The van der Waals surface area contributed by atoms with E-state index in [0.29, 0.717) is 5.82 Å². The molecule has 0 N–H and O–H groups in total. The lowest BCUT2D eigenvalue weighted by atomic mass is 10.0. The number of para-hydroxylation sites is 2. The number of nitrogens with zero attached hydrogens (tertiary/aromatic N) is 5. The highest BCUT2D eigenvalue weighted by Crippen LogP contribution is 2.39. The van der Waals surface area contributed by atoms with Crippen molar-refractivity contribution in [1.82, 2.24) is 24.1 Å². The Morgan fingerprint density at radius 3 is 2.13 bits per heavy atom. The molecule has 8 aromatic rings. The van der Waals surface area contributed by atoms with Crippen LogP contribution in [0.1, 0.15) is 0 Å². The van der Waals surface area contributed by atoms with Gasteiger partial charge in [0.2, 0.25) is 0 Å². The molecule has 4 aromatic carbocycles. The summed E-state index contributed by atoms with van der Waals surface area (Å²) in [7, 11) is 0. The largest absolute Gasteiger partial charge is 0.317 e. The van der Waals surface area contributed by atoms with E-state index in [4.69, 9.17) is 0 Å². The summed E-state index contributed by atoms with van der Waals surface area (Å²) in [5.74, 6) is 0.665. The predicted octanol–water partition coefficient (Wildman–Crippen LogP) is 7.73. The molecule has 0 radical (unpaired) electrons. The summed E-state index contributed by atoms with van der Waals surface area (Å²) >= 11 is 0. The molecule has 4 heterocycles. The molecule has 5 heteroatoms. The first-order valence-corrected chi connectivity index (χ1v) is 12.6. The monoisotopic (exact) mass is 487 g/mol. The van der Waals surface area contributed by atoms with Gasteiger partial charge in [0.05, 0.1) is 34.6 Å². The minimum atomic E-state index is 0.665. The van der Waals surface area contributed by atoms with E-state index in [-0.39, 0.29) is 0 Å². The first kappa shape index (κ1) is 20.9. The van der Waals surface area contributed by atoms with Gasteiger partial charge in [-0.05, 0) is 59.3 Å². The van der Waals surface area contributed by atoms with E-state index in [1.807, 2.05) is 24.5 Å². The summed E-state index contributed by atoms with van der Waals surface area (Å²) in [4.78, 5) is 13.6. The van der Waals surface area contributed by atoms with Crippen molar-refractivity contribution in [1.29, 1.82) is 0 Å². The molecule has 178 valence electrons. The fraction of sp³-hybridized carbons (Fsp3) is 0. The number of hydrogen-bond acceptors (Lipinski definition) is 3. The Labute approximate surface area is 218 Å². The molecule has 0 unspecified atom stereocenters. The average Bonchev–Trinajstić information content (AvgIpc) is 3.58. The topological polar surface area (TPSA) is 48.5 Å². The van der Waals surface area contributed by atoms with Gasteiger partial charge in [-0.15, -0.1) is 0 Å². The van der Waals surface area contributed by atoms with E-state index < -0.39 is 0 Å². The zero-order valence-electron chi connectivity index (χ0n) is 20.4. The molecule has 0 bridgehead atoms. The Kier molecular flexibility index (Phi) is 4.45. The number of hydrogen-bond donors (Lipinski definition) is 0. The van der Waals surface area contributed by atoms with E-state index in [1.165, 1.54) is 32.4 Å². The number of rotatable bonds is 3. The van der Waals surface area contributed by atoms with Gasteiger partial charge in [0.15, 0.2) is 5.82 Å². The second-order valence-corrected chi connectivity index (χ2v) is 9.43. The fourth-order valence-electron chi connectivity index (χ4n) is 5.67. The molecule has 38 heavy (non-hydrogen) atoms. The summed E-state index contributed by atoms with van der Waals surface area (Å²) < 4.78 is 4.51. The molecule has 4 aromatic heterocycles. The molecule has 0 amide bonds. The van der Waals surface area contributed by atoms with Crippen molar-refractivity contribution < 1.29 is 0 Å². The van der Waals surface area contributed by atoms with Gasteiger partial charge in [0.1, 0.15) is 0 Å². The quantitative estimate of drug-likeness (QED) is 0.256. The lowest BCUT2D eigenvalue weighted by Crippen LogP contribution is -1.98. The molecule has 0 saturated heterocycles. The van der Waals surface area contributed by atoms with E-state index in [1.54, 1.807) is 12.4 Å². The molecular formula is C33H21N5. The molecule has 8 rings (SSSR count). The van der Waals surface area contributed by atoms with Crippen molar-refractivity contribution in [2.45, 2.75) is 0 Å². The average molecular weight is 488 g/mol. The van der Waals surface area contributed by atoms with Gasteiger partial charge in [-0.2, -0.15) is 0 Å². The van der Waals surface area contributed by atoms with E-state index in [0.717, 1.165) is 28.0 Å². The Bertz CT molecular complexity index is 2110. The highest BCUT2D eigenvalue weighted by atomic mass is 15.0. The maximum absolute atomic E-state index is 4.68. The lowest BCUT2D eigenvalue weighted by molar-refractivity contribution is 1.08. The molecular weight excluding hydrogens is 466 g/mol. The van der Waals surface area contributed by atoms with Gasteiger partial charge >= 0.3 is 0 Å². The third kappa shape index (κ3) is 3.02. The maximum atomic E-state index is 4.68. The van der Waals surface area contributed by atoms with Crippen LogP contribution < -0.4 is 0 Å². The molecule has 0 aliphatic rings. The van der Waals surface area contributed by atoms with Crippen molar-refractivity contribution in [3.63, 3.8) is 0 Å². The van der Waals surface area contributed by atoms with Crippen molar-refractivity contribution in [3.05, 3.63) is 128 Å². The third-order valence-electron chi connectivity index (χ3n) is 7.35. The molecule has 0 atom stereocenters. The van der Waals surface area contributed by atoms with Crippen molar-refractivity contribution in [2.24, 2.45) is 0 Å². The Hall–Kier alpha value is -5.29. The minimum Gasteiger partial charge on any atom is -0.317 e. The van der Waals surface area contributed by atoms with Crippen molar-refractivity contribution in [3.8, 4) is 22.8 Å². The molecule has 0 aliphatic heterocycles. The van der Waals surface area contributed by atoms with Crippen LogP contribution >= 0.6 is 0 Å². The van der Waals surface area contributed by atoms with Crippen molar-refractivity contribution in [2.75, 3.05) is 0 Å². The molecule has 5 nitrogen and oxygen atoms in total. The summed E-state index contributed by atoms with van der Waals surface area (Å²) in [5.41, 5.74) is 6.46. The van der Waals surface area contributed by atoms with Crippen LogP contribution in [0.25, 0.3) is 66.2 Å². The second-order valence-electron chi connectivity index (χ2n) is 9.43. The van der Waals surface area contributed by atoms with Crippen LogP contribution in [0.3, 0.4) is 0 Å². The predicted molar refractivity (Wildman–Crippen MR) is 154 cm³/mol. The maximum Gasteiger partial charge on any atom is 0.160 e. The molecule has 0 fully saturated rings. The molecule has 0 spiro atoms. The number of fused-ring (bicyclic) bond motifs is 7. The van der Waals surface area contributed by atoms with Crippen LogP contribution in [0.15, 0.2) is 128 Å². The summed E-state index contributed by atoms with van der Waals surface area (Å²) in [6.07, 6.45) is 9.50. The van der Waals surface area contributed by atoms with Crippen LogP contribution in [-0.2, 0) is 0 Å². The lowest BCUT2D eigenvalue weighted by Gasteiger charge is -2.09. The van der Waals surface area contributed by atoms with Gasteiger partial charge in [-0.25, -0.2) is 9.97 Å². The Balaban J connectivity index is 1.37. The van der Waals surface area contributed by atoms with E-state index >= 15 is 0 Å². The minimum absolute atomic E-state index is 0.665. The van der Waals surface area contributed by atoms with Gasteiger partial charge < -0.3 is 9.13 Å². The number of benzene rings is 4. The van der Waals surface area contributed by atoms with Gasteiger partial charge in [0.25, 0.3) is 0 Å². The van der Waals surface area contributed by atoms with Gasteiger partial charge in [-0.1, -0.05) is 48.5 Å². The van der Waals surface area contributed by atoms with Crippen LogP contribution in [-0.4, -0.2) is 24.1 Å². The smallest absolute Gasteiger partial charge is 0.160 e. The summed E-state index contributed by atoms with van der Waals surface area (Å²) in [5, 5.41) is 6.18. The zero-order valence-corrected chi connectivity index (χ0v) is 20.4. The highest BCUT2D eigenvalue weighted by molar-refractivity contribution is 6.25. The summed E-state index contributed by atoms with van der Waals surface area (Å²) in [6, 6.07) is 34.1. The standard InChI is InChI=1S/C33H21N5/c1-2-8-23(9-3-1)37-18-16-26-25-12-15-31-32(27(25)13-14-29(26)37)28-10-4-5-11-30(28)38(31)24-20-35-33(36-21-24)22-7-6-17-34-19-22/h1-21H. The molecule has 0 saturated carbocycles. The zero-order chi connectivity index (χ0) is 25.1. The van der Waals surface area contributed by atoms with E-state index in [2.05, 4.69) is 115 Å².